The smallest absolute Gasteiger partial charge is 0.272 e. The summed E-state index contributed by atoms with van der Waals surface area (Å²) in [5.41, 5.74) is 5.24. The lowest BCUT2D eigenvalue weighted by molar-refractivity contribution is -0.123. The van der Waals surface area contributed by atoms with Crippen molar-refractivity contribution in [1.29, 1.82) is 0 Å². The number of nitrogens with zero attached hydrogens (tertiary/aromatic N) is 3. The maximum Gasteiger partial charge on any atom is 0.272 e. The highest BCUT2D eigenvalue weighted by Gasteiger charge is 2.39. The summed E-state index contributed by atoms with van der Waals surface area (Å²) >= 11 is 0. The number of aromatic nitrogens is 2. The van der Waals surface area contributed by atoms with E-state index >= 15 is 0 Å². The van der Waals surface area contributed by atoms with Gasteiger partial charge in [0.1, 0.15) is 23.4 Å². The van der Waals surface area contributed by atoms with Crippen molar-refractivity contribution in [3.05, 3.63) is 120 Å². The molecule has 4 aromatic carbocycles. The van der Waals surface area contributed by atoms with Gasteiger partial charge in [-0.05, 0) is 65.6 Å². The Bertz CT molecular complexity index is 2080. The number of carbonyl (C=O) groups excluding carboxylic acids is 3. The number of hydrogen-bond acceptors (Lipinski definition) is 7. The molecule has 1 fully saturated rings. The molecule has 50 heavy (non-hydrogen) atoms. The van der Waals surface area contributed by atoms with E-state index in [4.69, 9.17) is 14.2 Å². The second-order valence-electron chi connectivity index (χ2n) is 12.4. The lowest BCUT2D eigenvalue weighted by atomic mass is 9.97. The Hall–Kier alpha value is -6.10. The molecule has 5 aromatic rings. The second kappa shape index (κ2) is 13.8. The molecular formula is C39H37N5O6. The van der Waals surface area contributed by atoms with Crippen LogP contribution in [0.5, 0.6) is 17.2 Å². The highest BCUT2D eigenvalue weighted by atomic mass is 16.5. The van der Waals surface area contributed by atoms with E-state index in [0.717, 1.165) is 27.8 Å². The zero-order valence-electron chi connectivity index (χ0n) is 28.0. The fourth-order valence-electron chi connectivity index (χ4n) is 6.39. The van der Waals surface area contributed by atoms with E-state index in [0.29, 0.717) is 34.3 Å². The predicted octanol–water partition coefficient (Wildman–Crippen LogP) is 4.78. The lowest BCUT2D eigenvalue weighted by Gasteiger charge is -2.23. The van der Waals surface area contributed by atoms with Crippen LogP contribution in [0.4, 0.5) is 0 Å². The number of methoxy groups -OCH3 is 1. The summed E-state index contributed by atoms with van der Waals surface area (Å²) in [6, 6.07) is 27.5. The van der Waals surface area contributed by atoms with Crippen LogP contribution in [0.25, 0.3) is 22.5 Å². The molecule has 0 unspecified atom stereocenters. The van der Waals surface area contributed by atoms with Gasteiger partial charge in [-0.1, -0.05) is 54.6 Å². The fourth-order valence-corrected chi connectivity index (χ4v) is 6.39. The molecule has 3 amide bonds. The summed E-state index contributed by atoms with van der Waals surface area (Å²) in [5, 5.41) is 6.05. The van der Waals surface area contributed by atoms with E-state index < -0.39 is 12.1 Å². The van der Waals surface area contributed by atoms with Crippen LogP contribution in [0.15, 0.2) is 97.2 Å². The van der Waals surface area contributed by atoms with Gasteiger partial charge < -0.3 is 34.3 Å². The maximum atomic E-state index is 14.0. The maximum absolute atomic E-state index is 14.0. The third kappa shape index (κ3) is 6.62. The zero-order valence-corrected chi connectivity index (χ0v) is 28.0. The summed E-state index contributed by atoms with van der Waals surface area (Å²) in [6.45, 7) is 2.49. The normalized spacial score (nSPS) is 17.5. The third-order valence-corrected chi connectivity index (χ3v) is 9.12. The van der Waals surface area contributed by atoms with Crippen molar-refractivity contribution in [1.82, 2.24) is 25.1 Å². The van der Waals surface area contributed by atoms with Crippen LogP contribution in [0.2, 0.25) is 0 Å². The molecule has 11 heteroatoms. The van der Waals surface area contributed by atoms with Crippen LogP contribution >= 0.6 is 0 Å². The second-order valence-corrected chi connectivity index (χ2v) is 12.4. The lowest BCUT2D eigenvalue weighted by Crippen LogP contribution is -2.45. The number of amides is 3. The van der Waals surface area contributed by atoms with Gasteiger partial charge in [-0.25, -0.2) is 4.98 Å². The minimum absolute atomic E-state index is 0.159. The van der Waals surface area contributed by atoms with Crippen molar-refractivity contribution >= 4 is 17.7 Å². The number of aryl methyl sites for hydroxylation is 1. The topological polar surface area (TPSA) is 124 Å². The number of likely N-dealkylation sites (tertiary alicyclic amines) is 1. The number of imidazole rings is 1. The van der Waals surface area contributed by atoms with Gasteiger partial charge in [-0.2, -0.15) is 0 Å². The number of ether oxygens (including phenoxy) is 3. The van der Waals surface area contributed by atoms with Crippen LogP contribution in [0, 0.1) is 6.92 Å². The van der Waals surface area contributed by atoms with Crippen LogP contribution in [-0.4, -0.2) is 71.1 Å². The average molecular weight is 672 g/mol. The molecule has 4 heterocycles. The molecule has 1 saturated heterocycles. The molecule has 254 valence electrons. The van der Waals surface area contributed by atoms with Crippen molar-refractivity contribution in [3.63, 3.8) is 0 Å². The zero-order chi connectivity index (χ0) is 34.8. The summed E-state index contributed by atoms with van der Waals surface area (Å²) in [4.78, 5) is 46.8. The molecule has 0 aliphatic carbocycles. The van der Waals surface area contributed by atoms with E-state index in [-0.39, 0.29) is 44.0 Å². The van der Waals surface area contributed by atoms with Crippen molar-refractivity contribution in [2.45, 2.75) is 25.6 Å². The van der Waals surface area contributed by atoms with Gasteiger partial charge in [0, 0.05) is 31.3 Å². The molecule has 0 saturated carbocycles. The number of rotatable bonds is 3. The van der Waals surface area contributed by atoms with Crippen molar-refractivity contribution in [3.8, 4) is 39.8 Å². The summed E-state index contributed by atoms with van der Waals surface area (Å²) in [5.74, 6) is 1.31. The van der Waals surface area contributed by atoms with Crippen molar-refractivity contribution < 1.29 is 28.6 Å². The minimum Gasteiger partial charge on any atom is -0.493 e. The van der Waals surface area contributed by atoms with Gasteiger partial charge in [0.25, 0.3) is 17.7 Å². The third-order valence-electron chi connectivity index (χ3n) is 9.12. The van der Waals surface area contributed by atoms with Crippen LogP contribution in [0.1, 0.15) is 32.0 Å². The van der Waals surface area contributed by atoms with E-state index in [9.17, 15) is 14.4 Å². The molecule has 3 aliphatic heterocycles. The highest BCUT2D eigenvalue weighted by Crippen LogP contribution is 2.32. The largest absolute Gasteiger partial charge is 0.493 e. The Labute approximate surface area is 289 Å². The average Bonchev–Trinajstić information content (AvgIpc) is 3.72. The quantitative estimate of drug-likeness (QED) is 0.283. The summed E-state index contributed by atoms with van der Waals surface area (Å²) in [6.07, 6.45) is 0.978. The Kier molecular flexibility index (Phi) is 8.95. The molecule has 0 spiro atoms. The Morgan fingerprint density at radius 1 is 0.920 bits per heavy atom. The molecule has 8 rings (SSSR count). The molecule has 2 N–H and O–H groups in total. The number of hydrogen-bond donors (Lipinski definition) is 2. The number of benzene rings is 4. The van der Waals surface area contributed by atoms with Crippen molar-refractivity contribution in [2.75, 3.05) is 26.8 Å². The van der Waals surface area contributed by atoms with E-state index in [1.54, 1.807) is 39.9 Å². The number of fused-ring (bicyclic) bond motifs is 7. The highest BCUT2D eigenvalue weighted by molar-refractivity contribution is 5.97. The predicted molar refractivity (Wildman–Crippen MR) is 187 cm³/mol. The summed E-state index contributed by atoms with van der Waals surface area (Å²) in [7, 11) is 3.36. The fraction of sp³-hybridized carbons (Fsp3) is 0.231. The van der Waals surface area contributed by atoms with Gasteiger partial charge in [-0.3, -0.25) is 14.4 Å². The summed E-state index contributed by atoms with van der Waals surface area (Å²) < 4.78 is 19.8. The molecule has 0 radical (unpaired) electrons. The first-order valence-corrected chi connectivity index (χ1v) is 16.4. The molecule has 1 aromatic heterocycles. The monoisotopic (exact) mass is 671 g/mol. The van der Waals surface area contributed by atoms with Crippen LogP contribution in [-0.2, 0) is 18.4 Å². The number of carbonyl (C=O) groups is 3. The molecule has 2 atom stereocenters. The van der Waals surface area contributed by atoms with Gasteiger partial charge in [0.2, 0.25) is 0 Å². The van der Waals surface area contributed by atoms with Crippen LogP contribution < -0.4 is 24.8 Å². The molecule has 3 aliphatic rings. The Morgan fingerprint density at radius 3 is 2.56 bits per heavy atom. The Balaban J connectivity index is 1.23. The SMILES string of the molecule is COc1cc2ccc1O[C@H]1CN(C(=O)c3cnc(-c4ccccc4)n3C)C[C@@H]1NC(=O)c1ccc(C)c(c1)-c1cccc(c1)OCC(=O)NC2. The van der Waals surface area contributed by atoms with E-state index in [2.05, 4.69) is 15.6 Å². The first-order valence-electron chi connectivity index (χ1n) is 16.4. The molecule has 11 nitrogen and oxygen atoms in total. The standard InChI is InChI=1S/C39H37N5O6/c1-24-12-14-28-18-30(24)27-10-7-11-29(17-27)49-23-36(45)40-19-25-13-15-33(34(16-25)48-3)50-35-22-44(21-31(35)42-38(28)46)39(47)32-20-41-37(43(32)2)26-8-5-4-6-9-26/h4-18,20,31,35H,19,21-23H2,1-3H3,(H,40,45)(H,42,46)/t31-,35-/m0/s1. The van der Waals surface area contributed by atoms with Gasteiger partial charge >= 0.3 is 0 Å². The first-order chi connectivity index (χ1) is 24.3. The molecular weight excluding hydrogens is 634 g/mol. The minimum atomic E-state index is -0.603. The first kappa shape index (κ1) is 32.4. The van der Waals surface area contributed by atoms with Gasteiger partial charge in [-0.15, -0.1) is 0 Å². The van der Waals surface area contributed by atoms with Gasteiger partial charge in [0.15, 0.2) is 18.1 Å². The van der Waals surface area contributed by atoms with Crippen LogP contribution in [0.3, 0.4) is 0 Å². The Morgan fingerprint density at radius 2 is 1.74 bits per heavy atom. The molecule has 6 bridgehead atoms. The van der Waals surface area contributed by atoms with E-state index in [1.165, 1.54) is 7.11 Å². The number of nitrogens with one attached hydrogen (secondary N) is 2. The van der Waals surface area contributed by atoms with Gasteiger partial charge in [0.05, 0.1) is 25.9 Å². The van der Waals surface area contributed by atoms with E-state index in [1.807, 2.05) is 80.7 Å². The van der Waals surface area contributed by atoms with Crippen molar-refractivity contribution in [2.24, 2.45) is 7.05 Å².